The molecule has 0 aliphatic rings. The molecule has 0 spiro atoms. The molecule has 1 atom stereocenters. The number of aliphatic carboxylic acids is 1. The smallest absolute Gasteiger partial charge is 0.326 e. The molecule has 0 saturated carbocycles. The van der Waals surface area contributed by atoms with E-state index in [-0.39, 0.29) is 19.4 Å². The van der Waals surface area contributed by atoms with Gasteiger partial charge in [0.05, 0.1) is 18.5 Å². The number of carboxylic acids is 1. The van der Waals surface area contributed by atoms with Crippen LogP contribution in [0.1, 0.15) is 12.0 Å². The van der Waals surface area contributed by atoms with E-state index in [0.717, 1.165) is 5.56 Å². The Balaban J connectivity index is 2.70. The fourth-order valence-corrected chi connectivity index (χ4v) is 2.73. The van der Waals surface area contributed by atoms with Gasteiger partial charge < -0.3 is 20.2 Å². The third-order valence-corrected chi connectivity index (χ3v) is 3.71. The van der Waals surface area contributed by atoms with Crippen LogP contribution < -0.4 is 5.32 Å². The summed E-state index contributed by atoms with van der Waals surface area (Å²) in [5, 5.41) is 10.9. The lowest BCUT2D eigenvalue weighted by atomic mass is 10.0. The van der Waals surface area contributed by atoms with E-state index in [0.29, 0.717) is 0 Å². The first-order chi connectivity index (χ1) is 9.78. The summed E-state index contributed by atoms with van der Waals surface area (Å²) in [4.78, 5) is 40.5. The average molecular weight is 315 g/mol. The van der Waals surface area contributed by atoms with Gasteiger partial charge in [-0.15, -0.1) is 0 Å². The molecule has 0 unspecified atom stereocenters. The highest BCUT2D eigenvalue weighted by atomic mass is 31.2. The van der Waals surface area contributed by atoms with Crippen LogP contribution in [0.4, 0.5) is 0 Å². The number of hydrogen-bond donors (Lipinski definition) is 4. The number of nitrogens with one attached hydrogen (secondary N) is 1. The molecular weight excluding hydrogens is 297 g/mol. The maximum absolute atomic E-state index is 12.0. The summed E-state index contributed by atoms with van der Waals surface area (Å²) in [6, 6.07) is 8.86. The topological polar surface area (TPSA) is 124 Å². The molecule has 0 aliphatic carbocycles. The van der Waals surface area contributed by atoms with Gasteiger partial charge in [-0.2, -0.15) is 0 Å². The van der Waals surface area contributed by atoms with Gasteiger partial charge in [0.15, 0.2) is 0 Å². The minimum atomic E-state index is -4.34. The van der Waals surface area contributed by atoms with E-state index in [4.69, 9.17) is 14.9 Å². The van der Waals surface area contributed by atoms with Gasteiger partial charge in [0.1, 0.15) is 0 Å². The molecule has 0 fully saturated rings. The second-order valence-corrected chi connectivity index (χ2v) is 6.36. The quantitative estimate of drug-likeness (QED) is 0.521. The van der Waals surface area contributed by atoms with Crippen molar-refractivity contribution in [3.63, 3.8) is 0 Å². The summed E-state index contributed by atoms with van der Waals surface area (Å²) in [7, 11) is -4.34. The zero-order valence-corrected chi connectivity index (χ0v) is 12.2. The van der Waals surface area contributed by atoms with Crippen molar-refractivity contribution in [2.45, 2.75) is 12.8 Å². The Kier molecular flexibility index (Phi) is 6.55. The number of rotatable bonds is 8. The van der Waals surface area contributed by atoms with Gasteiger partial charge >= 0.3 is 13.6 Å². The lowest BCUT2D eigenvalue weighted by molar-refractivity contribution is -0.137. The fraction of sp³-hybridized carbons (Fsp3) is 0.385. The number of amides is 1. The van der Waals surface area contributed by atoms with Gasteiger partial charge in [-0.1, -0.05) is 30.3 Å². The summed E-state index contributed by atoms with van der Waals surface area (Å²) in [5.74, 6) is -2.50. The normalized spacial score (nSPS) is 12.7. The zero-order valence-electron chi connectivity index (χ0n) is 11.3. The van der Waals surface area contributed by atoms with Crippen molar-refractivity contribution in [1.82, 2.24) is 5.32 Å². The molecule has 0 heterocycles. The van der Waals surface area contributed by atoms with Crippen LogP contribution in [0.2, 0.25) is 0 Å². The number of carbonyl (C=O) groups is 2. The van der Waals surface area contributed by atoms with Crippen LogP contribution in [0.25, 0.3) is 0 Å². The number of benzene rings is 1. The third-order valence-electron chi connectivity index (χ3n) is 2.79. The van der Waals surface area contributed by atoms with Crippen molar-refractivity contribution >= 4 is 19.5 Å². The highest BCUT2D eigenvalue weighted by molar-refractivity contribution is 7.51. The molecule has 4 N–H and O–H groups in total. The Bertz CT molecular complexity index is 527. The van der Waals surface area contributed by atoms with E-state index >= 15 is 0 Å². The fourth-order valence-electron chi connectivity index (χ4n) is 1.86. The van der Waals surface area contributed by atoms with E-state index in [1.165, 1.54) is 0 Å². The summed E-state index contributed by atoms with van der Waals surface area (Å²) < 4.78 is 11.1. The highest BCUT2D eigenvalue weighted by Gasteiger charge is 2.27. The molecule has 0 bridgehead atoms. The van der Waals surface area contributed by atoms with E-state index in [9.17, 15) is 14.2 Å². The van der Waals surface area contributed by atoms with Crippen LogP contribution >= 0.6 is 7.60 Å². The van der Waals surface area contributed by atoms with Crippen molar-refractivity contribution in [2.24, 2.45) is 5.92 Å². The summed E-state index contributed by atoms with van der Waals surface area (Å²) in [6.07, 6.45) is -0.620. The SMILES string of the molecule is O=C(O)CCNC(=O)[C@@H](Cc1ccccc1)CP(=O)(O)O. The Hall–Kier alpha value is -1.69. The molecule has 1 aromatic rings. The highest BCUT2D eigenvalue weighted by Crippen LogP contribution is 2.37. The summed E-state index contributed by atoms with van der Waals surface area (Å²) in [6.45, 7) is -0.0688. The number of carbonyl (C=O) groups excluding carboxylic acids is 1. The standard InChI is InChI=1S/C13H18NO6P/c15-12(16)6-7-14-13(17)11(9-21(18,19)20)8-10-4-2-1-3-5-10/h1-5,11H,6-9H2,(H,14,17)(H,15,16)(H2,18,19,20)/t11-/m0/s1. The molecule has 1 aromatic carbocycles. The first-order valence-corrected chi connectivity index (χ1v) is 8.15. The van der Waals surface area contributed by atoms with Gasteiger partial charge in [-0.3, -0.25) is 14.2 Å². The van der Waals surface area contributed by atoms with E-state index in [2.05, 4.69) is 5.32 Å². The number of hydrogen-bond acceptors (Lipinski definition) is 3. The lowest BCUT2D eigenvalue weighted by Gasteiger charge is -2.17. The van der Waals surface area contributed by atoms with E-state index < -0.39 is 31.6 Å². The Morgan fingerprint density at radius 2 is 1.81 bits per heavy atom. The van der Waals surface area contributed by atoms with Gasteiger partial charge in [0, 0.05) is 6.54 Å². The molecule has 1 amide bonds. The Morgan fingerprint density at radius 3 is 2.33 bits per heavy atom. The largest absolute Gasteiger partial charge is 0.481 e. The van der Waals surface area contributed by atoms with Gasteiger partial charge in [0.25, 0.3) is 0 Å². The van der Waals surface area contributed by atoms with Gasteiger partial charge in [-0.05, 0) is 12.0 Å². The van der Waals surface area contributed by atoms with Crippen molar-refractivity contribution in [1.29, 1.82) is 0 Å². The maximum Gasteiger partial charge on any atom is 0.326 e. The summed E-state index contributed by atoms with van der Waals surface area (Å²) in [5.41, 5.74) is 0.782. The second-order valence-electron chi connectivity index (χ2n) is 4.67. The molecule has 0 aromatic heterocycles. The van der Waals surface area contributed by atoms with Crippen molar-refractivity contribution in [2.75, 3.05) is 12.7 Å². The Labute approximate surface area is 122 Å². The molecule has 0 aliphatic heterocycles. The van der Waals surface area contributed by atoms with E-state index in [1.807, 2.05) is 0 Å². The van der Waals surface area contributed by atoms with Crippen LogP contribution in [0.3, 0.4) is 0 Å². The van der Waals surface area contributed by atoms with Crippen molar-refractivity contribution in [3.8, 4) is 0 Å². The molecule has 0 radical (unpaired) electrons. The molecule has 116 valence electrons. The van der Waals surface area contributed by atoms with E-state index in [1.54, 1.807) is 30.3 Å². The minimum Gasteiger partial charge on any atom is -0.481 e. The molecule has 21 heavy (non-hydrogen) atoms. The molecule has 7 nitrogen and oxygen atoms in total. The molecular formula is C13H18NO6P. The van der Waals surface area contributed by atoms with Gasteiger partial charge in [0.2, 0.25) is 5.91 Å². The first-order valence-electron chi connectivity index (χ1n) is 6.36. The van der Waals surface area contributed by atoms with Crippen molar-refractivity contribution < 1.29 is 29.0 Å². The minimum absolute atomic E-state index is 0.0688. The van der Waals surface area contributed by atoms with Crippen LogP contribution in [0, 0.1) is 5.92 Å². The number of carboxylic acid groups (broad SMARTS) is 1. The summed E-state index contributed by atoms with van der Waals surface area (Å²) >= 11 is 0. The first kappa shape index (κ1) is 17.4. The third kappa shape index (κ3) is 7.60. The predicted octanol–water partition coefficient (Wildman–Crippen LogP) is 0.614. The Morgan fingerprint density at radius 1 is 1.19 bits per heavy atom. The molecule has 1 rings (SSSR count). The predicted molar refractivity (Wildman–Crippen MR) is 75.8 cm³/mol. The van der Waals surface area contributed by atoms with Crippen LogP contribution in [0.15, 0.2) is 30.3 Å². The lowest BCUT2D eigenvalue weighted by Crippen LogP contribution is -2.35. The average Bonchev–Trinajstić information content (AvgIpc) is 2.37. The zero-order chi connectivity index (χ0) is 15.9. The van der Waals surface area contributed by atoms with Crippen LogP contribution in [0.5, 0.6) is 0 Å². The molecule has 8 heteroatoms. The second kappa shape index (κ2) is 7.93. The monoisotopic (exact) mass is 315 g/mol. The van der Waals surface area contributed by atoms with Crippen LogP contribution in [-0.4, -0.2) is 39.5 Å². The van der Waals surface area contributed by atoms with Crippen molar-refractivity contribution in [3.05, 3.63) is 35.9 Å². The van der Waals surface area contributed by atoms with Crippen LogP contribution in [-0.2, 0) is 20.6 Å². The maximum atomic E-state index is 12.0. The van der Waals surface area contributed by atoms with Gasteiger partial charge in [-0.25, -0.2) is 0 Å². The molecule has 0 saturated heterocycles.